The highest BCUT2D eigenvalue weighted by Crippen LogP contribution is 2.15. The van der Waals surface area contributed by atoms with Crippen LogP contribution in [0.15, 0.2) is 4.99 Å². The van der Waals surface area contributed by atoms with Crippen LogP contribution < -0.4 is 10.6 Å². The molecule has 0 radical (unpaired) electrons. The van der Waals surface area contributed by atoms with E-state index in [0.717, 1.165) is 57.6 Å². The summed E-state index contributed by atoms with van der Waals surface area (Å²) in [4.78, 5) is 9.57. The van der Waals surface area contributed by atoms with Crippen LogP contribution in [0.2, 0.25) is 0 Å². The van der Waals surface area contributed by atoms with E-state index in [0.29, 0.717) is 0 Å². The molecule has 0 amide bonds. The van der Waals surface area contributed by atoms with E-state index in [1.165, 1.54) is 38.9 Å². The zero-order valence-corrected chi connectivity index (χ0v) is 19.8. The van der Waals surface area contributed by atoms with Gasteiger partial charge in [-0.05, 0) is 71.8 Å². The highest BCUT2D eigenvalue weighted by molar-refractivity contribution is 14.0. The number of nitrogens with zero attached hydrogens (tertiary/aromatic N) is 3. The molecule has 0 atom stereocenters. The lowest BCUT2D eigenvalue weighted by molar-refractivity contribution is 0.161. The van der Waals surface area contributed by atoms with E-state index in [9.17, 15) is 0 Å². The van der Waals surface area contributed by atoms with Gasteiger partial charge in [0.25, 0.3) is 0 Å². The molecule has 0 unspecified atom stereocenters. The first-order chi connectivity index (χ1) is 12.2. The second kappa shape index (κ2) is 17.0. The van der Waals surface area contributed by atoms with Gasteiger partial charge in [-0.1, -0.05) is 6.92 Å². The third kappa shape index (κ3) is 13.1. The number of halogens is 1. The summed E-state index contributed by atoms with van der Waals surface area (Å²) in [6.45, 7) is 13.8. The monoisotopic (exact) mass is 483 g/mol. The Bertz CT molecular complexity index is 349. The molecule has 0 spiro atoms. The van der Waals surface area contributed by atoms with Crippen LogP contribution >= 0.6 is 24.0 Å². The molecule has 1 saturated heterocycles. The fourth-order valence-electron chi connectivity index (χ4n) is 3.03. The second-order valence-electron chi connectivity index (χ2n) is 7.21. The average molecular weight is 483 g/mol. The van der Waals surface area contributed by atoms with E-state index in [2.05, 4.69) is 46.3 Å². The maximum absolute atomic E-state index is 5.10. The number of rotatable bonds is 12. The summed E-state index contributed by atoms with van der Waals surface area (Å²) in [6, 6.07) is 0. The second-order valence-corrected chi connectivity index (χ2v) is 7.21. The van der Waals surface area contributed by atoms with E-state index in [4.69, 9.17) is 4.74 Å². The Balaban J connectivity index is 0.00000625. The zero-order chi connectivity index (χ0) is 18.3. The molecule has 1 fully saturated rings. The largest absolute Gasteiger partial charge is 0.383 e. The standard InChI is InChI=1S/C19H41N5O.HI/c1-5-20-19(21-10-6-12-23(3)16-17-25-4)22-11-7-13-24-14-8-18(2)9-15-24;/h18H,5-17H2,1-4H3,(H2,20,21,22);1H. The number of hydrogen-bond acceptors (Lipinski definition) is 4. The van der Waals surface area contributed by atoms with Gasteiger partial charge in [-0.2, -0.15) is 0 Å². The number of hydrogen-bond donors (Lipinski definition) is 2. The highest BCUT2D eigenvalue weighted by Gasteiger charge is 2.14. The molecular weight excluding hydrogens is 441 g/mol. The average Bonchev–Trinajstić information content (AvgIpc) is 2.61. The number of piperidine rings is 1. The maximum atomic E-state index is 5.10. The molecule has 1 aliphatic rings. The van der Waals surface area contributed by atoms with Crippen LogP contribution in [-0.4, -0.2) is 88.9 Å². The third-order valence-corrected chi connectivity index (χ3v) is 4.81. The van der Waals surface area contributed by atoms with Gasteiger partial charge in [0.15, 0.2) is 5.96 Å². The van der Waals surface area contributed by atoms with Crippen LogP contribution in [0.4, 0.5) is 0 Å². The molecule has 0 saturated carbocycles. The lowest BCUT2D eigenvalue weighted by Crippen LogP contribution is -2.40. The number of methoxy groups -OCH3 is 1. The lowest BCUT2D eigenvalue weighted by atomic mass is 9.99. The van der Waals surface area contributed by atoms with Gasteiger partial charge < -0.3 is 25.2 Å². The van der Waals surface area contributed by atoms with Crippen molar-refractivity contribution in [1.29, 1.82) is 0 Å². The molecule has 0 bridgehead atoms. The van der Waals surface area contributed by atoms with Gasteiger partial charge in [-0.25, -0.2) is 0 Å². The summed E-state index contributed by atoms with van der Waals surface area (Å²) in [7, 11) is 3.88. The Labute approximate surface area is 178 Å². The third-order valence-electron chi connectivity index (χ3n) is 4.81. The molecule has 1 heterocycles. The first-order valence-electron chi connectivity index (χ1n) is 10.1. The van der Waals surface area contributed by atoms with Gasteiger partial charge in [-0.15, -0.1) is 24.0 Å². The Hall–Kier alpha value is -0.120. The van der Waals surface area contributed by atoms with E-state index in [-0.39, 0.29) is 24.0 Å². The summed E-state index contributed by atoms with van der Waals surface area (Å²) in [5, 5.41) is 6.81. The first kappa shape index (κ1) is 25.9. The molecule has 2 N–H and O–H groups in total. The fraction of sp³-hybridized carbons (Fsp3) is 0.947. The summed E-state index contributed by atoms with van der Waals surface area (Å²) in [6.07, 6.45) is 4.97. The van der Waals surface area contributed by atoms with Crippen LogP contribution in [0.5, 0.6) is 0 Å². The Morgan fingerprint density at radius 1 is 1.19 bits per heavy atom. The van der Waals surface area contributed by atoms with Gasteiger partial charge in [-0.3, -0.25) is 4.99 Å². The fourth-order valence-corrected chi connectivity index (χ4v) is 3.03. The van der Waals surface area contributed by atoms with Crippen molar-refractivity contribution in [1.82, 2.24) is 20.4 Å². The van der Waals surface area contributed by atoms with Crippen molar-refractivity contribution < 1.29 is 4.74 Å². The summed E-state index contributed by atoms with van der Waals surface area (Å²) < 4.78 is 5.10. The molecular formula is C19H42IN5O. The molecule has 6 nitrogen and oxygen atoms in total. The molecule has 0 aromatic heterocycles. The van der Waals surface area contributed by atoms with Gasteiger partial charge >= 0.3 is 0 Å². The molecule has 0 aromatic rings. The minimum atomic E-state index is 0. The summed E-state index contributed by atoms with van der Waals surface area (Å²) >= 11 is 0. The molecule has 156 valence electrons. The SMILES string of the molecule is CCNC(=NCCCN(C)CCOC)NCCCN1CCC(C)CC1.I. The molecule has 26 heavy (non-hydrogen) atoms. The van der Waals surface area contributed by atoms with Crippen molar-refractivity contribution in [3.05, 3.63) is 0 Å². The number of likely N-dealkylation sites (tertiary alicyclic amines) is 1. The van der Waals surface area contributed by atoms with Crippen LogP contribution in [0.1, 0.15) is 39.5 Å². The van der Waals surface area contributed by atoms with Crippen LogP contribution in [0.25, 0.3) is 0 Å². The van der Waals surface area contributed by atoms with Crippen molar-refractivity contribution in [3.8, 4) is 0 Å². The minimum absolute atomic E-state index is 0. The van der Waals surface area contributed by atoms with Gasteiger partial charge in [0.1, 0.15) is 0 Å². The van der Waals surface area contributed by atoms with Crippen LogP contribution in [0, 0.1) is 5.92 Å². The molecule has 0 aromatic carbocycles. The Kier molecular flexibility index (Phi) is 16.9. The highest BCUT2D eigenvalue weighted by atomic mass is 127. The lowest BCUT2D eigenvalue weighted by Gasteiger charge is -2.30. The van der Waals surface area contributed by atoms with Crippen LogP contribution in [-0.2, 0) is 4.74 Å². The van der Waals surface area contributed by atoms with E-state index in [1.54, 1.807) is 7.11 Å². The number of likely N-dealkylation sites (N-methyl/N-ethyl adjacent to an activating group) is 1. The Morgan fingerprint density at radius 3 is 2.58 bits per heavy atom. The zero-order valence-electron chi connectivity index (χ0n) is 17.4. The molecule has 7 heteroatoms. The van der Waals surface area contributed by atoms with Crippen molar-refractivity contribution in [2.75, 3.05) is 73.1 Å². The number of ether oxygens (including phenoxy) is 1. The minimum Gasteiger partial charge on any atom is -0.383 e. The van der Waals surface area contributed by atoms with Crippen LogP contribution in [0.3, 0.4) is 0 Å². The van der Waals surface area contributed by atoms with Crippen molar-refractivity contribution in [3.63, 3.8) is 0 Å². The van der Waals surface area contributed by atoms with Crippen molar-refractivity contribution >= 4 is 29.9 Å². The normalized spacial score (nSPS) is 16.6. The summed E-state index contributed by atoms with van der Waals surface area (Å²) in [5.41, 5.74) is 0. The van der Waals surface area contributed by atoms with E-state index in [1.807, 2.05) is 0 Å². The van der Waals surface area contributed by atoms with E-state index < -0.39 is 0 Å². The van der Waals surface area contributed by atoms with Gasteiger partial charge in [0.05, 0.1) is 6.61 Å². The maximum Gasteiger partial charge on any atom is 0.191 e. The van der Waals surface area contributed by atoms with Crippen molar-refractivity contribution in [2.45, 2.75) is 39.5 Å². The van der Waals surface area contributed by atoms with E-state index >= 15 is 0 Å². The quantitative estimate of drug-likeness (QED) is 0.193. The molecule has 1 aliphatic heterocycles. The topological polar surface area (TPSA) is 52.1 Å². The first-order valence-corrected chi connectivity index (χ1v) is 10.1. The van der Waals surface area contributed by atoms with Gasteiger partial charge in [0, 0.05) is 33.3 Å². The predicted octanol–water partition coefficient (Wildman–Crippen LogP) is 2.25. The Morgan fingerprint density at radius 2 is 1.92 bits per heavy atom. The summed E-state index contributed by atoms with van der Waals surface area (Å²) in [5.74, 6) is 1.87. The smallest absolute Gasteiger partial charge is 0.191 e. The predicted molar refractivity (Wildman–Crippen MR) is 123 cm³/mol. The molecule has 1 rings (SSSR count). The molecule has 0 aliphatic carbocycles. The number of nitrogens with one attached hydrogen (secondary N) is 2. The van der Waals surface area contributed by atoms with Gasteiger partial charge in [0.2, 0.25) is 0 Å². The number of guanidine groups is 1. The number of aliphatic imine (C=N–C) groups is 1. The van der Waals surface area contributed by atoms with Crippen molar-refractivity contribution in [2.24, 2.45) is 10.9 Å².